The van der Waals surface area contributed by atoms with E-state index in [1.165, 1.54) is 6.92 Å². The van der Waals surface area contributed by atoms with Gasteiger partial charge in [-0.1, -0.05) is 25.4 Å². The van der Waals surface area contributed by atoms with Crippen LogP contribution in [-0.4, -0.2) is 17.1 Å². The molecule has 0 saturated carbocycles. The molecule has 0 bridgehead atoms. The lowest BCUT2D eigenvalue weighted by Crippen LogP contribution is -2.31. The van der Waals surface area contributed by atoms with Crippen molar-refractivity contribution in [3.8, 4) is 0 Å². The molecular formula is C10H12ClFNO3-. The third-order valence-electron chi connectivity index (χ3n) is 2.11. The molecule has 0 N–H and O–H groups in total. The second-order valence-corrected chi connectivity index (χ2v) is 4.14. The number of rotatable bonds is 2. The SMILES string of the molecule is CC(C)C(=O)OC1=C(Cl)C(F)=CN([O-])C1C. The Hall–Kier alpha value is -1.07. The van der Waals surface area contributed by atoms with Gasteiger partial charge in [0.1, 0.15) is 5.03 Å². The smallest absolute Gasteiger partial charge is 0.313 e. The molecule has 0 aromatic carbocycles. The third-order valence-corrected chi connectivity index (χ3v) is 2.48. The molecule has 6 heteroatoms. The van der Waals surface area contributed by atoms with Crippen LogP contribution in [0.3, 0.4) is 0 Å². The van der Waals surface area contributed by atoms with Gasteiger partial charge < -0.3 is 15.0 Å². The molecule has 1 rings (SSSR count). The maximum atomic E-state index is 13.1. The fourth-order valence-corrected chi connectivity index (χ4v) is 1.30. The summed E-state index contributed by atoms with van der Waals surface area (Å²) >= 11 is 5.64. The van der Waals surface area contributed by atoms with E-state index in [1.807, 2.05) is 0 Å². The summed E-state index contributed by atoms with van der Waals surface area (Å²) in [6.45, 7) is 4.73. The van der Waals surface area contributed by atoms with E-state index in [-0.39, 0.29) is 16.7 Å². The average molecular weight is 249 g/mol. The number of esters is 1. The molecule has 90 valence electrons. The minimum atomic E-state index is -0.902. The molecule has 0 amide bonds. The van der Waals surface area contributed by atoms with Gasteiger partial charge in [-0.05, 0) is 6.92 Å². The number of hydroxylamine groups is 2. The lowest BCUT2D eigenvalue weighted by Gasteiger charge is -2.37. The summed E-state index contributed by atoms with van der Waals surface area (Å²) in [5.41, 5.74) is 0. The molecule has 1 aliphatic heterocycles. The van der Waals surface area contributed by atoms with Crippen molar-refractivity contribution in [2.75, 3.05) is 0 Å². The molecular weight excluding hydrogens is 237 g/mol. The van der Waals surface area contributed by atoms with Gasteiger partial charge >= 0.3 is 5.97 Å². The summed E-state index contributed by atoms with van der Waals surface area (Å²) in [5.74, 6) is -1.97. The predicted octanol–water partition coefficient (Wildman–Crippen LogP) is 2.65. The standard InChI is InChI=1S/C10H12ClFNO3/c1-5(2)10(14)16-9-6(3)13(15)4-7(12)8(9)11/h4-6H,1-3H3/q-1. The molecule has 0 aliphatic carbocycles. The average Bonchev–Trinajstić information content (AvgIpc) is 2.21. The number of hydrogen-bond acceptors (Lipinski definition) is 4. The fraction of sp³-hybridized carbons (Fsp3) is 0.500. The Morgan fingerprint density at radius 2 is 2.25 bits per heavy atom. The number of nitrogens with zero attached hydrogens (tertiary/aromatic N) is 1. The molecule has 16 heavy (non-hydrogen) atoms. The Labute approximate surface area is 97.9 Å². The van der Waals surface area contributed by atoms with E-state index in [9.17, 15) is 14.4 Å². The molecule has 1 heterocycles. The van der Waals surface area contributed by atoms with Gasteiger partial charge in [0.25, 0.3) is 0 Å². The van der Waals surface area contributed by atoms with Crippen LogP contribution in [0, 0.1) is 11.1 Å². The highest BCUT2D eigenvalue weighted by Crippen LogP contribution is 2.31. The van der Waals surface area contributed by atoms with E-state index in [2.05, 4.69) is 0 Å². The maximum Gasteiger partial charge on any atom is 0.313 e. The fourth-order valence-electron chi connectivity index (χ4n) is 1.05. The van der Waals surface area contributed by atoms with E-state index in [0.29, 0.717) is 5.06 Å². The van der Waals surface area contributed by atoms with Gasteiger partial charge in [0.05, 0.1) is 12.0 Å². The van der Waals surface area contributed by atoms with Crippen LogP contribution in [0.25, 0.3) is 0 Å². The van der Waals surface area contributed by atoms with Gasteiger partial charge in [-0.15, -0.1) is 0 Å². The number of carbonyl (C=O) groups is 1. The number of carbonyl (C=O) groups excluding carboxylic acids is 1. The van der Waals surface area contributed by atoms with Crippen molar-refractivity contribution < 1.29 is 13.9 Å². The zero-order valence-electron chi connectivity index (χ0n) is 9.16. The van der Waals surface area contributed by atoms with Crippen LogP contribution in [0.2, 0.25) is 0 Å². The molecule has 0 fully saturated rings. The Balaban J connectivity index is 2.96. The van der Waals surface area contributed by atoms with Gasteiger partial charge in [-0.3, -0.25) is 4.79 Å². The first-order valence-corrected chi connectivity index (χ1v) is 5.17. The second kappa shape index (κ2) is 4.84. The topological polar surface area (TPSA) is 52.6 Å². The van der Waals surface area contributed by atoms with Crippen molar-refractivity contribution in [1.29, 1.82) is 0 Å². The Bertz CT molecular complexity index is 365. The first kappa shape index (κ1) is 13.0. The van der Waals surface area contributed by atoms with Crippen LogP contribution >= 0.6 is 11.6 Å². The van der Waals surface area contributed by atoms with Gasteiger partial charge in [-0.25, -0.2) is 4.39 Å². The second-order valence-electron chi connectivity index (χ2n) is 3.77. The van der Waals surface area contributed by atoms with Gasteiger partial charge in [0.2, 0.25) is 0 Å². The lowest BCUT2D eigenvalue weighted by atomic mass is 10.2. The maximum absolute atomic E-state index is 13.1. The highest BCUT2D eigenvalue weighted by molar-refractivity contribution is 6.32. The van der Waals surface area contributed by atoms with Crippen molar-refractivity contribution in [1.82, 2.24) is 5.06 Å². The van der Waals surface area contributed by atoms with Crippen LogP contribution in [-0.2, 0) is 9.53 Å². The molecule has 0 aromatic heterocycles. The van der Waals surface area contributed by atoms with Crippen molar-refractivity contribution in [2.45, 2.75) is 26.8 Å². The Morgan fingerprint density at radius 3 is 2.75 bits per heavy atom. The molecule has 1 atom stereocenters. The molecule has 0 aromatic rings. The van der Waals surface area contributed by atoms with E-state index < -0.39 is 17.8 Å². The van der Waals surface area contributed by atoms with Crippen molar-refractivity contribution >= 4 is 17.6 Å². The van der Waals surface area contributed by atoms with Crippen molar-refractivity contribution in [3.05, 3.63) is 28.0 Å². The molecule has 0 spiro atoms. The monoisotopic (exact) mass is 248 g/mol. The molecule has 4 nitrogen and oxygen atoms in total. The number of halogens is 2. The summed E-state index contributed by atoms with van der Waals surface area (Å²) in [6.07, 6.45) is 0.722. The summed E-state index contributed by atoms with van der Waals surface area (Å²) in [6, 6.07) is -0.810. The van der Waals surface area contributed by atoms with Crippen molar-refractivity contribution in [3.63, 3.8) is 0 Å². The van der Waals surface area contributed by atoms with Gasteiger partial charge in [-0.2, -0.15) is 0 Å². The lowest BCUT2D eigenvalue weighted by molar-refractivity contribution is -0.143. The van der Waals surface area contributed by atoms with Gasteiger partial charge in [0.15, 0.2) is 11.6 Å². The van der Waals surface area contributed by atoms with E-state index >= 15 is 0 Å². The van der Waals surface area contributed by atoms with E-state index in [4.69, 9.17) is 16.3 Å². The highest BCUT2D eigenvalue weighted by Gasteiger charge is 2.26. The quantitative estimate of drug-likeness (QED) is 0.705. The first-order valence-electron chi connectivity index (χ1n) is 4.79. The Kier molecular flexibility index (Phi) is 3.93. The summed E-state index contributed by atoms with van der Waals surface area (Å²) in [7, 11) is 0. The predicted molar refractivity (Wildman–Crippen MR) is 57.7 cm³/mol. The molecule has 1 unspecified atom stereocenters. The summed E-state index contributed by atoms with van der Waals surface area (Å²) < 4.78 is 18.0. The zero-order valence-corrected chi connectivity index (χ0v) is 9.92. The minimum Gasteiger partial charge on any atom is -0.758 e. The third kappa shape index (κ3) is 2.54. The Morgan fingerprint density at radius 1 is 1.69 bits per heavy atom. The number of hydrogen-bond donors (Lipinski definition) is 0. The van der Waals surface area contributed by atoms with Crippen molar-refractivity contribution in [2.24, 2.45) is 5.92 Å². The van der Waals surface area contributed by atoms with Crippen LogP contribution in [0.15, 0.2) is 22.8 Å². The first-order chi connectivity index (χ1) is 7.34. The molecule has 0 radical (unpaired) electrons. The zero-order chi connectivity index (χ0) is 12.5. The molecule has 1 aliphatic rings. The normalized spacial score (nSPS) is 21.3. The highest BCUT2D eigenvalue weighted by atomic mass is 35.5. The largest absolute Gasteiger partial charge is 0.758 e. The number of allylic oxidation sites excluding steroid dienone is 2. The number of ether oxygens (including phenoxy) is 1. The van der Waals surface area contributed by atoms with Crippen LogP contribution in [0.4, 0.5) is 4.39 Å². The van der Waals surface area contributed by atoms with E-state index in [0.717, 1.165) is 6.20 Å². The molecule has 0 saturated heterocycles. The van der Waals surface area contributed by atoms with Crippen LogP contribution in [0.1, 0.15) is 20.8 Å². The minimum absolute atomic E-state index is 0.143. The summed E-state index contributed by atoms with van der Waals surface area (Å²) in [5, 5.41) is 11.3. The van der Waals surface area contributed by atoms with Gasteiger partial charge in [0, 0.05) is 6.20 Å². The van der Waals surface area contributed by atoms with Crippen LogP contribution < -0.4 is 0 Å². The van der Waals surface area contributed by atoms with E-state index in [1.54, 1.807) is 13.8 Å². The summed E-state index contributed by atoms with van der Waals surface area (Å²) in [4.78, 5) is 11.3. The van der Waals surface area contributed by atoms with Crippen LogP contribution in [0.5, 0.6) is 0 Å².